The number of imide groups is 1. The van der Waals surface area contributed by atoms with Crippen molar-refractivity contribution in [1.29, 1.82) is 0 Å². The van der Waals surface area contributed by atoms with E-state index in [4.69, 9.17) is 4.84 Å². The molecule has 7 heteroatoms. The third-order valence-corrected chi connectivity index (χ3v) is 4.20. The van der Waals surface area contributed by atoms with Gasteiger partial charge in [-0.15, -0.1) is 0 Å². The van der Waals surface area contributed by atoms with Gasteiger partial charge in [0.2, 0.25) is 5.91 Å². The lowest BCUT2D eigenvalue weighted by Gasteiger charge is -2.18. The van der Waals surface area contributed by atoms with Crippen LogP contribution < -0.4 is 16.1 Å². The van der Waals surface area contributed by atoms with Gasteiger partial charge in [0.15, 0.2) is 0 Å². The van der Waals surface area contributed by atoms with Crippen LogP contribution >= 0.6 is 0 Å². The van der Waals surface area contributed by atoms with Crippen LogP contribution in [0, 0.1) is 0 Å². The molecule has 2 rings (SSSR count). The lowest BCUT2D eigenvalue weighted by molar-refractivity contribution is -0.135. The zero-order valence-corrected chi connectivity index (χ0v) is 16.5. The summed E-state index contributed by atoms with van der Waals surface area (Å²) in [7, 11) is 0. The van der Waals surface area contributed by atoms with E-state index in [0.717, 1.165) is 18.4 Å². The van der Waals surface area contributed by atoms with E-state index in [-0.39, 0.29) is 18.9 Å². The lowest BCUT2D eigenvalue weighted by atomic mass is 10.1. The Morgan fingerprint density at radius 1 is 0.966 bits per heavy atom. The molecule has 0 spiro atoms. The summed E-state index contributed by atoms with van der Waals surface area (Å²) in [5, 5.41) is 4.99. The molecule has 2 aromatic rings. The minimum absolute atomic E-state index is 0.0573. The van der Waals surface area contributed by atoms with Crippen molar-refractivity contribution in [3.8, 4) is 0 Å². The number of benzene rings is 2. The topological polar surface area (TPSA) is 96.5 Å². The largest absolute Gasteiger partial charge is 0.335 e. The Labute approximate surface area is 170 Å². The summed E-state index contributed by atoms with van der Waals surface area (Å²) in [4.78, 5) is 41.6. The molecule has 154 valence electrons. The van der Waals surface area contributed by atoms with Crippen LogP contribution in [-0.4, -0.2) is 23.9 Å². The molecule has 0 aliphatic rings. The van der Waals surface area contributed by atoms with Gasteiger partial charge in [-0.1, -0.05) is 68.3 Å². The maximum absolute atomic E-state index is 12.2. The van der Waals surface area contributed by atoms with Gasteiger partial charge in [0.25, 0.3) is 5.91 Å². The van der Waals surface area contributed by atoms with Crippen LogP contribution in [0.5, 0.6) is 0 Å². The van der Waals surface area contributed by atoms with Crippen molar-refractivity contribution in [2.45, 2.75) is 45.3 Å². The maximum atomic E-state index is 12.2. The van der Waals surface area contributed by atoms with Gasteiger partial charge < -0.3 is 5.32 Å². The van der Waals surface area contributed by atoms with E-state index in [2.05, 4.69) is 16.1 Å². The van der Waals surface area contributed by atoms with Crippen molar-refractivity contribution in [3.63, 3.8) is 0 Å². The quantitative estimate of drug-likeness (QED) is 0.536. The van der Waals surface area contributed by atoms with Gasteiger partial charge in [0.05, 0.1) is 6.61 Å². The van der Waals surface area contributed by atoms with E-state index in [1.165, 1.54) is 0 Å². The lowest BCUT2D eigenvalue weighted by Crippen LogP contribution is -2.46. The molecule has 0 radical (unpaired) electrons. The average molecular weight is 397 g/mol. The average Bonchev–Trinajstić information content (AvgIpc) is 2.73. The van der Waals surface area contributed by atoms with Crippen LogP contribution in [0.1, 0.15) is 48.5 Å². The molecule has 0 unspecified atom stereocenters. The molecule has 0 bridgehead atoms. The molecular formula is C22H27N3O4. The number of amides is 4. The van der Waals surface area contributed by atoms with E-state index < -0.39 is 18.0 Å². The van der Waals surface area contributed by atoms with Crippen LogP contribution in [0.3, 0.4) is 0 Å². The van der Waals surface area contributed by atoms with Gasteiger partial charge in [-0.3, -0.25) is 19.7 Å². The molecule has 0 fully saturated rings. The number of rotatable bonds is 10. The third-order valence-electron chi connectivity index (χ3n) is 4.20. The fourth-order valence-electron chi connectivity index (χ4n) is 2.70. The highest BCUT2D eigenvalue weighted by molar-refractivity contribution is 6.04. The van der Waals surface area contributed by atoms with E-state index >= 15 is 0 Å². The number of unbranched alkanes of at least 4 members (excludes halogenated alkanes) is 1. The highest BCUT2D eigenvalue weighted by Gasteiger charge is 2.18. The summed E-state index contributed by atoms with van der Waals surface area (Å²) in [6.07, 6.45) is 2.45. The number of hydroxylamine groups is 1. The third kappa shape index (κ3) is 8.57. The van der Waals surface area contributed by atoms with Gasteiger partial charge in [0.1, 0.15) is 0 Å². The fourth-order valence-corrected chi connectivity index (χ4v) is 2.70. The van der Waals surface area contributed by atoms with Crippen LogP contribution in [0.15, 0.2) is 60.7 Å². The first-order chi connectivity index (χ1) is 14.1. The maximum Gasteiger partial charge on any atom is 0.321 e. The summed E-state index contributed by atoms with van der Waals surface area (Å²) in [5.41, 5.74) is 3.73. The fraction of sp³-hybridized carbons (Fsp3) is 0.318. The normalized spacial score (nSPS) is 11.3. The number of hydrogen-bond acceptors (Lipinski definition) is 4. The van der Waals surface area contributed by atoms with Crippen molar-refractivity contribution in [3.05, 3.63) is 71.8 Å². The Morgan fingerprint density at radius 3 is 2.28 bits per heavy atom. The molecular weight excluding hydrogens is 370 g/mol. The molecule has 1 atom stereocenters. The van der Waals surface area contributed by atoms with Gasteiger partial charge >= 0.3 is 6.03 Å². The highest BCUT2D eigenvalue weighted by Crippen LogP contribution is 2.06. The van der Waals surface area contributed by atoms with Crippen molar-refractivity contribution >= 4 is 17.8 Å². The zero-order valence-electron chi connectivity index (χ0n) is 16.5. The molecule has 29 heavy (non-hydrogen) atoms. The van der Waals surface area contributed by atoms with Crippen LogP contribution in [-0.2, 0) is 16.2 Å². The minimum Gasteiger partial charge on any atom is -0.335 e. The van der Waals surface area contributed by atoms with Crippen molar-refractivity contribution in [2.24, 2.45) is 0 Å². The number of urea groups is 1. The molecule has 2 aromatic carbocycles. The van der Waals surface area contributed by atoms with Crippen molar-refractivity contribution < 1.29 is 19.2 Å². The van der Waals surface area contributed by atoms with Gasteiger partial charge in [0, 0.05) is 18.0 Å². The summed E-state index contributed by atoms with van der Waals surface area (Å²) in [5.74, 6) is -0.829. The number of carbonyl (C=O) groups excluding carboxylic acids is 3. The second-order valence-corrected chi connectivity index (χ2v) is 6.64. The Hall–Kier alpha value is -3.19. The van der Waals surface area contributed by atoms with E-state index in [1.807, 2.05) is 37.3 Å². The monoisotopic (exact) mass is 397 g/mol. The van der Waals surface area contributed by atoms with Crippen molar-refractivity contribution in [1.82, 2.24) is 16.1 Å². The molecule has 0 heterocycles. The molecule has 0 saturated carbocycles. The van der Waals surface area contributed by atoms with E-state index in [1.54, 1.807) is 30.3 Å². The smallest absolute Gasteiger partial charge is 0.321 e. The summed E-state index contributed by atoms with van der Waals surface area (Å²) in [6, 6.07) is 16.9. The molecule has 0 aromatic heterocycles. The Kier molecular flexibility index (Phi) is 9.38. The second kappa shape index (κ2) is 12.3. The predicted molar refractivity (Wildman–Crippen MR) is 110 cm³/mol. The first-order valence-electron chi connectivity index (χ1n) is 9.70. The summed E-state index contributed by atoms with van der Waals surface area (Å²) >= 11 is 0. The number of hydrogen-bond donors (Lipinski definition) is 3. The predicted octanol–water partition coefficient (Wildman–Crippen LogP) is 3.32. The van der Waals surface area contributed by atoms with Crippen LogP contribution in [0.25, 0.3) is 0 Å². The molecule has 0 aliphatic heterocycles. The molecule has 0 saturated heterocycles. The highest BCUT2D eigenvalue weighted by atomic mass is 16.6. The van der Waals surface area contributed by atoms with E-state index in [0.29, 0.717) is 12.0 Å². The molecule has 3 N–H and O–H groups in total. The minimum atomic E-state index is -0.627. The Morgan fingerprint density at radius 2 is 1.62 bits per heavy atom. The zero-order chi connectivity index (χ0) is 20.9. The molecule has 4 amide bonds. The van der Waals surface area contributed by atoms with Crippen LogP contribution in [0.4, 0.5) is 4.79 Å². The summed E-state index contributed by atoms with van der Waals surface area (Å²) < 4.78 is 0. The standard InChI is InChI=1S/C22H27N3O4/c1-2-3-14-19(15-20(26)25-29-16-17-10-6-4-7-11-17)23-22(28)24-21(27)18-12-8-5-9-13-18/h4-13,19H,2-3,14-16H2,1H3,(H,25,26)(H2,23,24,27,28)/t19-/m0/s1. The first-order valence-corrected chi connectivity index (χ1v) is 9.70. The molecule has 7 nitrogen and oxygen atoms in total. The number of nitrogens with one attached hydrogen (secondary N) is 3. The first kappa shape index (κ1) is 22.1. The van der Waals surface area contributed by atoms with Crippen LogP contribution in [0.2, 0.25) is 0 Å². The SMILES string of the molecule is CCCC[C@@H](CC(=O)NOCc1ccccc1)NC(=O)NC(=O)c1ccccc1. The second-order valence-electron chi connectivity index (χ2n) is 6.64. The summed E-state index contributed by atoms with van der Waals surface area (Å²) in [6.45, 7) is 2.28. The number of carbonyl (C=O) groups is 3. The van der Waals surface area contributed by atoms with Gasteiger partial charge in [-0.05, 0) is 24.1 Å². The van der Waals surface area contributed by atoms with Crippen molar-refractivity contribution in [2.75, 3.05) is 0 Å². The van der Waals surface area contributed by atoms with Gasteiger partial charge in [-0.25, -0.2) is 10.3 Å². The van der Waals surface area contributed by atoms with E-state index in [9.17, 15) is 14.4 Å². The Bertz CT molecular complexity index is 781. The molecule has 0 aliphatic carbocycles. The Balaban J connectivity index is 1.80. The van der Waals surface area contributed by atoms with Gasteiger partial charge in [-0.2, -0.15) is 0 Å².